The second kappa shape index (κ2) is 5.23. The molecule has 5 heteroatoms. The summed E-state index contributed by atoms with van der Waals surface area (Å²) in [6.45, 7) is 3.76. The summed E-state index contributed by atoms with van der Waals surface area (Å²) < 4.78 is 1.78. The summed E-state index contributed by atoms with van der Waals surface area (Å²) in [5.74, 6) is -0.185. The molecule has 1 heterocycles. The molecule has 0 spiro atoms. The van der Waals surface area contributed by atoms with Gasteiger partial charge >= 0.3 is 0 Å². The highest BCUT2D eigenvalue weighted by atomic mass is 32.1. The predicted molar refractivity (Wildman–Crippen MR) is 59.3 cm³/mol. The van der Waals surface area contributed by atoms with Gasteiger partial charge in [0.05, 0.1) is 12.5 Å². The lowest BCUT2D eigenvalue weighted by Gasteiger charge is -2.10. The van der Waals surface area contributed by atoms with Crippen LogP contribution in [0.5, 0.6) is 0 Å². The summed E-state index contributed by atoms with van der Waals surface area (Å²) in [5, 5.41) is 11.4. The number of carbonyl (C=O) groups is 1. The number of nitrogens with zero attached hydrogens (tertiary/aromatic N) is 2. The van der Waals surface area contributed by atoms with Crippen LogP contribution in [0.1, 0.15) is 20.3 Å². The fraction of sp³-hybridized carbons (Fsp3) is 0.600. The third-order valence-corrected chi connectivity index (χ3v) is 2.98. The van der Waals surface area contributed by atoms with Crippen LogP contribution in [0.3, 0.4) is 0 Å². The average Bonchev–Trinajstić information content (AvgIpc) is 2.51. The normalized spacial score (nSPS) is 14.6. The van der Waals surface area contributed by atoms with E-state index in [1.807, 2.05) is 32.5 Å². The standard InChI is InChI=1S/C10H16N2O2S/c1-7(2)8(13)6-9(14)11-10-12(3)4-5-15-10/h4-5,7-8,13H,6H2,1-3H3. The Kier molecular flexibility index (Phi) is 4.23. The number of hydrogen-bond acceptors (Lipinski definition) is 3. The molecule has 1 amide bonds. The number of hydrogen-bond donors (Lipinski definition) is 1. The van der Waals surface area contributed by atoms with E-state index in [1.165, 1.54) is 11.3 Å². The Morgan fingerprint density at radius 2 is 2.33 bits per heavy atom. The van der Waals surface area contributed by atoms with Crippen molar-refractivity contribution in [3.8, 4) is 0 Å². The molecule has 0 aliphatic heterocycles. The van der Waals surface area contributed by atoms with Gasteiger partial charge in [0.1, 0.15) is 0 Å². The highest BCUT2D eigenvalue weighted by Gasteiger charge is 2.13. The second-order valence-electron chi connectivity index (χ2n) is 3.82. The van der Waals surface area contributed by atoms with E-state index in [0.29, 0.717) is 4.80 Å². The van der Waals surface area contributed by atoms with Crippen molar-refractivity contribution in [2.75, 3.05) is 0 Å². The topological polar surface area (TPSA) is 54.6 Å². The molecule has 0 aliphatic carbocycles. The molecule has 1 aromatic rings. The zero-order valence-electron chi connectivity index (χ0n) is 9.17. The lowest BCUT2D eigenvalue weighted by atomic mass is 10.0. The summed E-state index contributed by atoms with van der Waals surface area (Å²) in [5.41, 5.74) is 0. The zero-order chi connectivity index (χ0) is 11.4. The summed E-state index contributed by atoms with van der Waals surface area (Å²) in [6.07, 6.45) is 1.33. The van der Waals surface area contributed by atoms with Crippen LogP contribution in [-0.4, -0.2) is 21.7 Å². The molecule has 1 aromatic heterocycles. The van der Waals surface area contributed by atoms with Crippen molar-refractivity contribution in [3.63, 3.8) is 0 Å². The largest absolute Gasteiger partial charge is 0.392 e. The van der Waals surface area contributed by atoms with Crippen LogP contribution in [0.4, 0.5) is 0 Å². The van der Waals surface area contributed by atoms with Crippen molar-refractivity contribution in [2.24, 2.45) is 18.0 Å². The average molecular weight is 228 g/mol. The van der Waals surface area contributed by atoms with Crippen molar-refractivity contribution >= 4 is 17.2 Å². The molecule has 0 aromatic carbocycles. The quantitative estimate of drug-likeness (QED) is 0.836. The lowest BCUT2D eigenvalue weighted by molar-refractivity contribution is -0.120. The van der Waals surface area contributed by atoms with Gasteiger partial charge in [-0.2, -0.15) is 4.99 Å². The molecular formula is C10H16N2O2S. The van der Waals surface area contributed by atoms with Crippen LogP contribution in [-0.2, 0) is 11.8 Å². The minimum atomic E-state index is -0.605. The molecule has 1 rings (SSSR count). The molecule has 84 valence electrons. The first-order valence-electron chi connectivity index (χ1n) is 4.86. The molecule has 1 N–H and O–H groups in total. The summed E-state index contributed by atoms with van der Waals surface area (Å²) >= 11 is 1.41. The maximum absolute atomic E-state index is 11.4. The Bertz CT molecular complexity index is 392. The molecular weight excluding hydrogens is 212 g/mol. The highest BCUT2D eigenvalue weighted by molar-refractivity contribution is 7.07. The number of aryl methyl sites for hydroxylation is 1. The monoisotopic (exact) mass is 228 g/mol. The van der Waals surface area contributed by atoms with Crippen molar-refractivity contribution in [1.29, 1.82) is 0 Å². The van der Waals surface area contributed by atoms with Crippen molar-refractivity contribution < 1.29 is 9.90 Å². The van der Waals surface area contributed by atoms with Gasteiger partial charge < -0.3 is 9.67 Å². The molecule has 1 atom stereocenters. The van der Waals surface area contributed by atoms with Crippen molar-refractivity contribution in [1.82, 2.24) is 4.57 Å². The van der Waals surface area contributed by atoms with Crippen LogP contribution in [0.25, 0.3) is 0 Å². The Morgan fingerprint density at radius 3 is 2.80 bits per heavy atom. The van der Waals surface area contributed by atoms with E-state index in [1.54, 1.807) is 4.57 Å². The molecule has 0 saturated heterocycles. The number of rotatable bonds is 3. The fourth-order valence-electron chi connectivity index (χ4n) is 1.00. The van der Waals surface area contributed by atoms with Crippen molar-refractivity contribution in [2.45, 2.75) is 26.4 Å². The Morgan fingerprint density at radius 1 is 1.67 bits per heavy atom. The van der Waals surface area contributed by atoms with E-state index in [0.717, 1.165) is 0 Å². The Labute approximate surface area is 92.9 Å². The van der Waals surface area contributed by atoms with Crippen molar-refractivity contribution in [3.05, 3.63) is 16.4 Å². The van der Waals surface area contributed by atoms with E-state index in [-0.39, 0.29) is 18.2 Å². The van der Waals surface area contributed by atoms with Crippen LogP contribution < -0.4 is 4.80 Å². The van der Waals surface area contributed by atoms with Crippen LogP contribution >= 0.6 is 11.3 Å². The molecule has 0 aliphatic rings. The number of carbonyl (C=O) groups excluding carboxylic acids is 1. The minimum absolute atomic E-state index is 0.0845. The van der Waals surface area contributed by atoms with E-state index in [4.69, 9.17) is 0 Å². The van der Waals surface area contributed by atoms with Gasteiger partial charge in [-0.1, -0.05) is 13.8 Å². The third-order valence-electron chi connectivity index (χ3n) is 2.13. The van der Waals surface area contributed by atoms with Crippen LogP contribution in [0.15, 0.2) is 16.6 Å². The number of thiazole rings is 1. The zero-order valence-corrected chi connectivity index (χ0v) is 9.99. The molecule has 0 fully saturated rings. The number of amides is 1. The number of aromatic nitrogens is 1. The van der Waals surface area contributed by atoms with Crippen LogP contribution in [0, 0.1) is 5.92 Å². The van der Waals surface area contributed by atoms with Gasteiger partial charge in [0.2, 0.25) is 0 Å². The highest BCUT2D eigenvalue weighted by Crippen LogP contribution is 2.05. The van der Waals surface area contributed by atoms with Gasteiger partial charge in [0.25, 0.3) is 5.91 Å². The second-order valence-corrected chi connectivity index (χ2v) is 4.69. The molecule has 0 radical (unpaired) electrons. The van der Waals surface area contributed by atoms with Gasteiger partial charge in [-0.05, 0) is 5.92 Å². The maximum atomic E-state index is 11.4. The molecule has 15 heavy (non-hydrogen) atoms. The Hall–Kier alpha value is -0.940. The predicted octanol–water partition coefficient (Wildman–Crippen LogP) is 0.921. The number of aliphatic hydroxyl groups is 1. The van der Waals surface area contributed by atoms with Crippen LogP contribution in [0.2, 0.25) is 0 Å². The molecule has 0 bridgehead atoms. The summed E-state index contributed by atoms with van der Waals surface area (Å²) in [4.78, 5) is 16.0. The Balaban J connectivity index is 2.69. The first-order chi connectivity index (χ1) is 7.00. The van der Waals surface area contributed by atoms with Gasteiger partial charge in [0, 0.05) is 18.6 Å². The lowest BCUT2D eigenvalue weighted by Crippen LogP contribution is -2.20. The molecule has 4 nitrogen and oxygen atoms in total. The first-order valence-corrected chi connectivity index (χ1v) is 5.74. The maximum Gasteiger partial charge on any atom is 0.250 e. The molecule has 0 saturated carbocycles. The van der Waals surface area contributed by atoms with E-state index in [9.17, 15) is 9.90 Å². The van der Waals surface area contributed by atoms with Gasteiger partial charge in [-0.25, -0.2) is 0 Å². The summed E-state index contributed by atoms with van der Waals surface area (Å²) in [6, 6.07) is 0. The van der Waals surface area contributed by atoms with E-state index in [2.05, 4.69) is 4.99 Å². The third kappa shape index (κ3) is 3.60. The number of aliphatic hydroxyl groups excluding tert-OH is 1. The summed E-state index contributed by atoms with van der Waals surface area (Å²) in [7, 11) is 1.83. The van der Waals surface area contributed by atoms with Gasteiger partial charge in [-0.15, -0.1) is 11.3 Å². The first kappa shape index (κ1) is 12.1. The SMILES string of the molecule is CC(C)C(O)CC(=O)N=c1sccn1C. The van der Waals surface area contributed by atoms with E-state index >= 15 is 0 Å². The van der Waals surface area contributed by atoms with Gasteiger partial charge in [0.15, 0.2) is 4.80 Å². The van der Waals surface area contributed by atoms with Gasteiger partial charge in [-0.3, -0.25) is 4.79 Å². The fourth-order valence-corrected chi connectivity index (χ4v) is 1.75. The smallest absolute Gasteiger partial charge is 0.250 e. The minimum Gasteiger partial charge on any atom is -0.392 e. The van der Waals surface area contributed by atoms with E-state index < -0.39 is 6.10 Å². The molecule has 1 unspecified atom stereocenters.